The van der Waals surface area contributed by atoms with Gasteiger partial charge >= 0.3 is 5.97 Å². The number of amides is 1. The van der Waals surface area contributed by atoms with Crippen molar-refractivity contribution in [2.45, 2.75) is 289 Å². The molecular formula is C67H101NO19. The van der Waals surface area contributed by atoms with E-state index in [9.17, 15) is 35.1 Å². The molecule has 20 nitrogen and oxygen atoms in total. The average Bonchev–Trinajstić information content (AvgIpc) is 1.71. The third kappa shape index (κ3) is 13.2. The Morgan fingerprint density at radius 3 is 1.98 bits per heavy atom. The standard InChI is InChI=1S/C67H101NO19/c1-15-42-16-17-43-26-35(6)58(86-54-30-65(13,76)61(40(11)81-54)68-41(12)69)33(4)24-31(2)45-19-18-44-56(66(45,14)62(73)55-63(74)67(43,29-42)87-64(55)75)32(3)25-34(5)59(44)84-51-23-21-48(37(8)78-51)82-53-28-49(83-50-22-20-46(70)36(7)77-50)60(39(10)80-53)85-52-27-47(71)57(72)38(9)79-52/h16-19,24,26,32-34,36-40,42-54,56-61,70-73,76H,15,20-23,25,27-30H2,1-14H3,(H,68,69)/b31-24-,35-26-,62-55-/t32-,33-,34-,36+,37-,38-,39-,40-,42+,43-,44-,45-,46+,47+,48-,49+,50-,51-,52-,53+,54-,56+,57-,58-,59-,60-,61-,65-,66-,67+/m0/s1. The molecule has 20 heteroatoms. The van der Waals surface area contributed by atoms with Crippen molar-refractivity contribution in [3.63, 3.8) is 0 Å². The number of hydrogen-bond acceptors (Lipinski definition) is 19. The molecule has 1 amide bonds. The second-order valence-electron chi connectivity index (χ2n) is 28.2. The number of aliphatic hydroxyl groups is 5. The Bertz CT molecular complexity index is 2640. The highest BCUT2D eigenvalue weighted by Gasteiger charge is 2.64. The predicted molar refractivity (Wildman–Crippen MR) is 316 cm³/mol. The van der Waals surface area contributed by atoms with Crippen LogP contribution in [0.3, 0.4) is 0 Å². The van der Waals surface area contributed by atoms with Gasteiger partial charge in [0.05, 0.1) is 78.8 Å². The zero-order chi connectivity index (χ0) is 62.9. The van der Waals surface area contributed by atoms with Crippen LogP contribution in [0.25, 0.3) is 0 Å². The molecule has 10 aliphatic rings. The van der Waals surface area contributed by atoms with Gasteiger partial charge in [0.25, 0.3) is 0 Å². The Morgan fingerprint density at radius 2 is 1.30 bits per heavy atom. The summed E-state index contributed by atoms with van der Waals surface area (Å²) in [5, 5.41) is 59.4. The van der Waals surface area contributed by atoms with Gasteiger partial charge < -0.3 is 83.0 Å². The zero-order valence-corrected chi connectivity index (χ0v) is 53.6. The number of fused-ring (bicyclic) bond motifs is 4. The molecule has 0 aromatic carbocycles. The lowest BCUT2D eigenvalue weighted by atomic mass is 9.49. The van der Waals surface area contributed by atoms with E-state index in [0.717, 1.165) is 17.6 Å². The molecule has 10 rings (SSSR count). The molecule has 0 aromatic rings. The number of esters is 1. The van der Waals surface area contributed by atoms with Crippen LogP contribution in [0.1, 0.15) is 161 Å². The Hall–Kier alpha value is -3.45. The lowest BCUT2D eigenvalue weighted by molar-refractivity contribution is -0.346. The van der Waals surface area contributed by atoms with Crippen molar-refractivity contribution in [2.24, 2.45) is 52.8 Å². The van der Waals surface area contributed by atoms with E-state index >= 15 is 4.79 Å². The minimum atomic E-state index is -1.63. The van der Waals surface area contributed by atoms with Crippen LogP contribution in [0.5, 0.6) is 0 Å². The molecule has 30 atom stereocenters. The molecule has 7 fully saturated rings. The van der Waals surface area contributed by atoms with Crippen LogP contribution in [0.15, 0.2) is 58.9 Å². The largest absolute Gasteiger partial charge is 0.511 e. The number of carbonyl (C=O) groups is 3. The van der Waals surface area contributed by atoms with E-state index in [0.29, 0.717) is 32.1 Å². The van der Waals surface area contributed by atoms with Crippen molar-refractivity contribution in [2.75, 3.05) is 0 Å². The lowest BCUT2D eigenvalue weighted by Crippen LogP contribution is -2.62. The maximum Gasteiger partial charge on any atom is 0.346 e. The normalized spacial score (nSPS) is 51.6. The average molecular weight is 1220 g/mol. The van der Waals surface area contributed by atoms with E-state index in [1.165, 1.54) is 6.92 Å². The fraction of sp³-hybridized carbons (Fsp3) is 0.806. The molecule has 1 spiro atoms. The number of aliphatic hydroxyl groups excluding tert-OH is 4. The zero-order valence-electron chi connectivity index (χ0n) is 53.6. The molecule has 1 saturated carbocycles. The van der Waals surface area contributed by atoms with Crippen LogP contribution < -0.4 is 5.32 Å². The minimum Gasteiger partial charge on any atom is -0.511 e. The van der Waals surface area contributed by atoms with E-state index in [4.69, 9.17) is 52.1 Å². The predicted octanol–water partition coefficient (Wildman–Crippen LogP) is 7.63. The van der Waals surface area contributed by atoms with Gasteiger partial charge in [0, 0.05) is 74.5 Å². The van der Waals surface area contributed by atoms with Crippen molar-refractivity contribution < 1.29 is 92.0 Å². The monoisotopic (exact) mass is 1220 g/mol. The molecule has 0 radical (unpaired) electrons. The molecule has 6 heterocycles. The number of nitrogens with one attached hydrogen (secondary N) is 1. The molecule has 0 aromatic heterocycles. The Morgan fingerprint density at radius 1 is 0.655 bits per heavy atom. The minimum absolute atomic E-state index is 0.0144. The second kappa shape index (κ2) is 26.3. The number of hydrogen-bond donors (Lipinski definition) is 6. The molecule has 6 aliphatic heterocycles. The Labute approximate surface area is 514 Å². The first kappa shape index (κ1) is 66.5. The van der Waals surface area contributed by atoms with E-state index in [1.54, 1.807) is 20.8 Å². The van der Waals surface area contributed by atoms with Gasteiger partial charge in [-0.15, -0.1) is 0 Å². The van der Waals surface area contributed by atoms with Gasteiger partial charge in [0.15, 0.2) is 37.1 Å². The number of ether oxygens (including phenoxy) is 11. The van der Waals surface area contributed by atoms with E-state index < -0.39 is 145 Å². The van der Waals surface area contributed by atoms with Crippen LogP contribution in [0, 0.1) is 52.8 Å². The van der Waals surface area contributed by atoms with E-state index in [-0.39, 0.29) is 90.6 Å². The summed E-state index contributed by atoms with van der Waals surface area (Å²) < 4.78 is 72.3. The smallest absolute Gasteiger partial charge is 0.346 e. The summed E-state index contributed by atoms with van der Waals surface area (Å²) in [6, 6.07) is -0.672. The molecule has 6 saturated heterocycles. The third-order valence-electron chi connectivity index (χ3n) is 21.5. The van der Waals surface area contributed by atoms with Crippen molar-refractivity contribution in [3.05, 3.63) is 58.9 Å². The highest BCUT2D eigenvalue weighted by molar-refractivity contribution is 6.26. The maximum absolute atomic E-state index is 15.6. The van der Waals surface area contributed by atoms with Crippen molar-refractivity contribution in [1.82, 2.24) is 5.32 Å². The molecule has 87 heavy (non-hydrogen) atoms. The summed E-state index contributed by atoms with van der Waals surface area (Å²) in [5.74, 6) is -4.07. The fourth-order valence-electron chi connectivity index (χ4n) is 17.0. The molecule has 2 bridgehead atoms. The van der Waals surface area contributed by atoms with Crippen LogP contribution in [0.2, 0.25) is 0 Å². The van der Waals surface area contributed by atoms with Crippen LogP contribution >= 0.6 is 0 Å². The summed E-state index contributed by atoms with van der Waals surface area (Å²) in [4.78, 5) is 42.6. The first-order valence-corrected chi connectivity index (χ1v) is 32.6. The summed E-state index contributed by atoms with van der Waals surface area (Å²) in [6.45, 7) is 26.7. The van der Waals surface area contributed by atoms with Crippen molar-refractivity contribution >= 4 is 17.7 Å². The van der Waals surface area contributed by atoms with Gasteiger partial charge in [-0.1, -0.05) is 76.6 Å². The van der Waals surface area contributed by atoms with Crippen molar-refractivity contribution in [3.8, 4) is 0 Å². The first-order valence-electron chi connectivity index (χ1n) is 32.6. The Balaban J connectivity index is 0.903. The number of rotatable bonds is 12. The summed E-state index contributed by atoms with van der Waals surface area (Å²) in [5.41, 5.74) is -2.83. The first-order chi connectivity index (χ1) is 41.0. The van der Waals surface area contributed by atoms with Gasteiger partial charge in [-0.3, -0.25) is 9.59 Å². The van der Waals surface area contributed by atoms with Gasteiger partial charge in [-0.25, -0.2) is 4.79 Å². The summed E-state index contributed by atoms with van der Waals surface area (Å²) in [7, 11) is 0. The van der Waals surface area contributed by atoms with E-state index in [1.807, 2.05) is 60.6 Å². The third-order valence-corrected chi connectivity index (χ3v) is 21.5. The van der Waals surface area contributed by atoms with Gasteiger partial charge in [0.2, 0.25) is 11.7 Å². The van der Waals surface area contributed by atoms with E-state index in [2.05, 4.69) is 50.4 Å². The lowest BCUT2D eigenvalue weighted by Gasteiger charge is -2.56. The van der Waals surface area contributed by atoms with Gasteiger partial charge in [0.1, 0.15) is 23.5 Å². The highest BCUT2D eigenvalue weighted by Crippen LogP contribution is 2.61. The number of ketones is 1. The Kier molecular flexibility index (Phi) is 20.1. The van der Waals surface area contributed by atoms with Gasteiger partial charge in [-0.05, 0) is 110 Å². The quantitative estimate of drug-likeness (QED) is 0.0623. The SMILES string of the molecule is CC[C@@H]1C=C[C@H]2/C=C(/C)[C@@H](O[C@H]3C[C@](C)(O)[C@@H](NC(C)=O)[C@H](C)O3)[C@@H](C)/C=C(/C)[C@@H]3C=C[C@@H]4[C@@H](O[C@H]5CC[C@H](O[C@@H]6C[C@@H](O[C@H]7CC[C@@H](O)[C@@H](C)O7)[C@@H](O[C@H]7C[C@@H](O)[C@@H](O)[C@H](C)O7)[C@H](C)O6)[C@H](C)O5)[C@@H](C)C[C@H](C)[C@H]4[C@@]3(C)/C(O)=C3/C(=O)O[C@@]2(C1)C3=O. The fourth-order valence-corrected chi connectivity index (χ4v) is 17.0. The molecule has 6 N–H and O–H groups in total. The summed E-state index contributed by atoms with van der Waals surface area (Å²) in [6.07, 6.45) is 5.05. The van der Waals surface area contributed by atoms with Crippen LogP contribution in [-0.2, 0) is 66.5 Å². The number of Topliss-reactive ketones (excluding diaryl/α,β-unsaturated/α-hetero) is 1. The van der Waals surface area contributed by atoms with Crippen LogP contribution in [-0.4, -0.2) is 171 Å². The number of allylic oxidation sites excluding steroid dienone is 4. The second-order valence-corrected chi connectivity index (χ2v) is 28.2. The number of carbonyl (C=O) groups excluding carboxylic acids is 3. The summed E-state index contributed by atoms with van der Waals surface area (Å²) >= 11 is 0. The maximum atomic E-state index is 15.6. The molecule has 4 aliphatic carbocycles. The highest BCUT2D eigenvalue weighted by atomic mass is 16.8. The molecule has 0 unspecified atom stereocenters. The molecule has 488 valence electrons. The van der Waals surface area contributed by atoms with Gasteiger partial charge in [-0.2, -0.15) is 0 Å². The molecular weight excluding hydrogens is 1120 g/mol. The topological polar surface area (TPSA) is 266 Å². The van der Waals surface area contributed by atoms with Crippen LogP contribution in [0.4, 0.5) is 0 Å². The van der Waals surface area contributed by atoms with Crippen molar-refractivity contribution in [1.29, 1.82) is 0 Å².